The molecule has 2 N–H and O–H groups in total. The van der Waals surface area contributed by atoms with Crippen LogP contribution in [0, 0.1) is 17.8 Å². The molecule has 0 aliphatic rings. The van der Waals surface area contributed by atoms with Crippen molar-refractivity contribution in [3.05, 3.63) is 0 Å². The molecule has 0 rings (SSSR count). The molecule has 0 aliphatic heterocycles. The number of nitrogens with two attached hydrogens (primary N) is 1. The van der Waals surface area contributed by atoms with Gasteiger partial charge in [0.25, 0.3) is 0 Å². The van der Waals surface area contributed by atoms with Gasteiger partial charge in [0.15, 0.2) is 0 Å². The molecule has 2 nitrogen and oxygen atoms in total. The van der Waals surface area contributed by atoms with Gasteiger partial charge in [0, 0.05) is 13.1 Å². The monoisotopic (exact) mass is 214 g/mol. The van der Waals surface area contributed by atoms with Gasteiger partial charge in [0.1, 0.15) is 0 Å². The van der Waals surface area contributed by atoms with Crippen molar-refractivity contribution in [2.75, 3.05) is 26.2 Å². The van der Waals surface area contributed by atoms with Crippen LogP contribution in [0.1, 0.15) is 41.0 Å². The Bertz CT molecular complexity index is 145. The third-order valence-electron chi connectivity index (χ3n) is 3.45. The fraction of sp³-hybridized carbons (Fsp3) is 1.00. The first-order valence-electron chi connectivity index (χ1n) is 6.47. The van der Waals surface area contributed by atoms with Gasteiger partial charge in [0.05, 0.1) is 0 Å². The van der Waals surface area contributed by atoms with E-state index in [0.29, 0.717) is 11.8 Å². The van der Waals surface area contributed by atoms with Crippen LogP contribution in [0.5, 0.6) is 0 Å². The molecule has 0 amide bonds. The lowest BCUT2D eigenvalue weighted by Gasteiger charge is -2.29. The second kappa shape index (κ2) is 8.12. The highest BCUT2D eigenvalue weighted by Gasteiger charge is 2.16. The predicted octanol–water partition coefficient (Wildman–Crippen LogP) is 2.59. The van der Waals surface area contributed by atoms with Crippen LogP contribution in [0.4, 0.5) is 0 Å². The second-order valence-corrected chi connectivity index (χ2v) is 5.11. The summed E-state index contributed by atoms with van der Waals surface area (Å²) in [5.41, 5.74) is 5.81. The molecule has 0 spiro atoms. The van der Waals surface area contributed by atoms with Crippen molar-refractivity contribution in [1.82, 2.24) is 4.90 Å². The first-order chi connectivity index (χ1) is 7.04. The average molecular weight is 214 g/mol. The Kier molecular flexibility index (Phi) is 8.07. The van der Waals surface area contributed by atoms with E-state index < -0.39 is 0 Å². The van der Waals surface area contributed by atoms with Crippen LogP contribution in [-0.4, -0.2) is 31.1 Å². The molecule has 0 aromatic heterocycles. The summed E-state index contributed by atoms with van der Waals surface area (Å²) >= 11 is 0. The number of hydrogen-bond donors (Lipinski definition) is 1. The summed E-state index contributed by atoms with van der Waals surface area (Å²) in [6, 6.07) is 0. The molecular weight excluding hydrogens is 184 g/mol. The van der Waals surface area contributed by atoms with Gasteiger partial charge in [-0.2, -0.15) is 0 Å². The molecule has 0 fully saturated rings. The molecule has 0 saturated heterocycles. The minimum atomic E-state index is 0.647. The van der Waals surface area contributed by atoms with E-state index in [1.807, 2.05) is 0 Å². The van der Waals surface area contributed by atoms with Gasteiger partial charge < -0.3 is 10.6 Å². The predicted molar refractivity (Wildman–Crippen MR) is 69.0 cm³/mol. The van der Waals surface area contributed by atoms with Gasteiger partial charge in [-0.1, -0.05) is 41.0 Å². The number of hydrogen-bond acceptors (Lipinski definition) is 2. The van der Waals surface area contributed by atoms with Crippen LogP contribution in [0.25, 0.3) is 0 Å². The molecule has 0 heterocycles. The largest absolute Gasteiger partial charge is 0.330 e. The lowest BCUT2D eigenvalue weighted by molar-refractivity contribution is 0.189. The standard InChI is InChI=1S/C13H30N2/c1-6-12(5)9-15(7-2)10-13(8-14)11(3)4/h11-13H,6-10,14H2,1-5H3. The van der Waals surface area contributed by atoms with Crippen molar-refractivity contribution in [2.24, 2.45) is 23.5 Å². The Morgan fingerprint density at radius 3 is 2.00 bits per heavy atom. The molecule has 0 aromatic carbocycles. The van der Waals surface area contributed by atoms with E-state index in [-0.39, 0.29) is 0 Å². The van der Waals surface area contributed by atoms with E-state index in [1.54, 1.807) is 0 Å². The zero-order chi connectivity index (χ0) is 11.8. The van der Waals surface area contributed by atoms with Gasteiger partial charge in [-0.05, 0) is 30.8 Å². The van der Waals surface area contributed by atoms with Crippen molar-refractivity contribution in [3.63, 3.8) is 0 Å². The van der Waals surface area contributed by atoms with Crippen LogP contribution in [0.15, 0.2) is 0 Å². The summed E-state index contributed by atoms with van der Waals surface area (Å²) < 4.78 is 0. The van der Waals surface area contributed by atoms with Crippen molar-refractivity contribution in [2.45, 2.75) is 41.0 Å². The fourth-order valence-electron chi connectivity index (χ4n) is 1.79. The third kappa shape index (κ3) is 6.16. The summed E-state index contributed by atoms with van der Waals surface area (Å²) in [7, 11) is 0. The van der Waals surface area contributed by atoms with Crippen molar-refractivity contribution in [3.8, 4) is 0 Å². The lowest BCUT2D eigenvalue weighted by Crippen LogP contribution is -2.37. The highest BCUT2D eigenvalue weighted by atomic mass is 15.1. The summed E-state index contributed by atoms with van der Waals surface area (Å²) in [6.07, 6.45) is 1.27. The number of nitrogens with zero attached hydrogens (tertiary/aromatic N) is 1. The smallest absolute Gasteiger partial charge is 0.00242 e. The van der Waals surface area contributed by atoms with Gasteiger partial charge in [0.2, 0.25) is 0 Å². The second-order valence-electron chi connectivity index (χ2n) is 5.11. The van der Waals surface area contributed by atoms with Crippen LogP contribution in [0.3, 0.4) is 0 Å². The zero-order valence-electron chi connectivity index (χ0n) is 11.3. The molecule has 2 atom stereocenters. The topological polar surface area (TPSA) is 29.3 Å². The van der Waals surface area contributed by atoms with Crippen LogP contribution in [-0.2, 0) is 0 Å². The van der Waals surface area contributed by atoms with Crippen molar-refractivity contribution >= 4 is 0 Å². The molecule has 0 saturated carbocycles. The van der Waals surface area contributed by atoms with E-state index in [0.717, 1.165) is 25.6 Å². The van der Waals surface area contributed by atoms with E-state index >= 15 is 0 Å². The Hall–Kier alpha value is -0.0800. The van der Waals surface area contributed by atoms with Gasteiger partial charge in [-0.15, -0.1) is 0 Å². The Balaban J connectivity index is 4.06. The maximum atomic E-state index is 5.81. The minimum Gasteiger partial charge on any atom is -0.330 e. The molecule has 15 heavy (non-hydrogen) atoms. The third-order valence-corrected chi connectivity index (χ3v) is 3.45. The van der Waals surface area contributed by atoms with E-state index in [9.17, 15) is 0 Å². The van der Waals surface area contributed by atoms with Gasteiger partial charge in [-0.3, -0.25) is 0 Å². The molecule has 0 aromatic rings. The molecule has 0 aliphatic carbocycles. The van der Waals surface area contributed by atoms with Crippen LogP contribution < -0.4 is 5.73 Å². The lowest BCUT2D eigenvalue weighted by atomic mass is 9.95. The summed E-state index contributed by atoms with van der Waals surface area (Å²) in [6.45, 7) is 15.7. The molecule has 92 valence electrons. The highest BCUT2D eigenvalue weighted by Crippen LogP contribution is 2.13. The first kappa shape index (κ1) is 14.9. The van der Waals surface area contributed by atoms with Crippen molar-refractivity contribution in [1.29, 1.82) is 0 Å². The van der Waals surface area contributed by atoms with E-state index in [1.165, 1.54) is 13.0 Å². The van der Waals surface area contributed by atoms with Crippen LogP contribution >= 0.6 is 0 Å². The minimum absolute atomic E-state index is 0.647. The Morgan fingerprint density at radius 2 is 1.67 bits per heavy atom. The normalized spacial score (nSPS) is 16.0. The fourth-order valence-corrected chi connectivity index (χ4v) is 1.79. The first-order valence-corrected chi connectivity index (χ1v) is 6.47. The zero-order valence-corrected chi connectivity index (χ0v) is 11.3. The quantitative estimate of drug-likeness (QED) is 0.673. The van der Waals surface area contributed by atoms with Crippen LogP contribution in [0.2, 0.25) is 0 Å². The summed E-state index contributed by atoms with van der Waals surface area (Å²) in [5, 5.41) is 0. The Morgan fingerprint density at radius 1 is 1.07 bits per heavy atom. The average Bonchev–Trinajstić information content (AvgIpc) is 2.22. The molecular formula is C13H30N2. The maximum absolute atomic E-state index is 5.81. The highest BCUT2D eigenvalue weighted by molar-refractivity contribution is 4.70. The molecule has 2 heteroatoms. The molecule has 0 bridgehead atoms. The van der Waals surface area contributed by atoms with E-state index in [4.69, 9.17) is 5.73 Å². The van der Waals surface area contributed by atoms with E-state index in [2.05, 4.69) is 39.5 Å². The summed E-state index contributed by atoms with van der Waals surface area (Å²) in [4.78, 5) is 2.55. The number of rotatable bonds is 8. The Labute approximate surface area is 96.2 Å². The SMILES string of the molecule is CCC(C)CN(CC)CC(CN)C(C)C. The van der Waals surface area contributed by atoms with Gasteiger partial charge >= 0.3 is 0 Å². The molecule has 2 unspecified atom stereocenters. The van der Waals surface area contributed by atoms with Gasteiger partial charge in [-0.25, -0.2) is 0 Å². The maximum Gasteiger partial charge on any atom is 0.00242 e. The van der Waals surface area contributed by atoms with Crippen molar-refractivity contribution < 1.29 is 0 Å². The summed E-state index contributed by atoms with van der Waals surface area (Å²) in [5.74, 6) is 2.14. The molecule has 0 radical (unpaired) electrons.